The van der Waals surface area contributed by atoms with Gasteiger partial charge in [0.2, 0.25) is 0 Å². The number of carbonyl (C=O) groups excluding carboxylic acids is 1. The van der Waals surface area contributed by atoms with Crippen molar-refractivity contribution in [2.75, 3.05) is 12.9 Å². The molecule has 18 heavy (non-hydrogen) atoms. The molecule has 0 aliphatic carbocycles. The molecule has 0 spiro atoms. The topological polar surface area (TPSA) is 61.4 Å². The van der Waals surface area contributed by atoms with Gasteiger partial charge in [-0.05, 0) is 18.2 Å². The number of esters is 1. The van der Waals surface area contributed by atoms with E-state index in [2.05, 4.69) is 20.7 Å². The fourth-order valence-electron chi connectivity index (χ4n) is 1.44. The Morgan fingerprint density at radius 3 is 3.06 bits per heavy atom. The minimum Gasteiger partial charge on any atom is -0.468 e. The van der Waals surface area contributed by atoms with Gasteiger partial charge in [0.1, 0.15) is 0 Å². The molecule has 0 atom stereocenters. The highest BCUT2D eigenvalue weighted by Crippen LogP contribution is 2.20. The van der Waals surface area contributed by atoms with E-state index in [0.717, 1.165) is 4.47 Å². The van der Waals surface area contributed by atoms with Gasteiger partial charge in [-0.3, -0.25) is 9.36 Å². The first-order valence-corrected chi connectivity index (χ1v) is 7.00. The van der Waals surface area contributed by atoms with E-state index in [1.165, 1.54) is 23.4 Å². The zero-order valence-corrected chi connectivity index (χ0v) is 11.9. The zero-order valence-electron chi connectivity index (χ0n) is 9.51. The second-order valence-corrected chi connectivity index (χ2v) is 5.33. The SMILES string of the molecule is COC(=O)CSCn1c(=O)oc2cc(Br)ccc21. The number of carbonyl (C=O) groups is 1. The molecule has 1 aromatic heterocycles. The summed E-state index contributed by atoms with van der Waals surface area (Å²) in [6.45, 7) is 0. The van der Waals surface area contributed by atoms with Crippen LogP contribution in [0.4, 0.5) is 0 Å². The maximum Gasteiger partial charge on any atom is 0.420 e. The van der Waals surface area contributed by atoms with Gasteiger partial charge >= 0.3 is 11.7 Å². The second-order valence-electron chi connectivity index (χ2n) is 3.46. The Balaban J connectivity index is 2.20. The van der Waals surface area contributed by atoms with Crippen molar-refractivity contribution in [2.24, 2.45) is 0 Å². The Labute approximate surface area is 115 Å². The van der Waals surface area contributed by atoms with Crippen molar-refractivity contribution in [3.05, 3.63) is 33.2 Å². The van der Waals surface area contributed by atoms with Gasteiger partial charge in [-0.2, -0.15) is 0 Å². The molecule has 0 radical (unpaired) electrons. The van der Waals surface area contributed by atoms with Crippen LogP contribution in [0.3, 0.4) is 0 Å². The van der Waals surface area contributed by atoms with Crippen LogP contribution in [0.15, 0.2) is 31.9 Å². The van der Waals surface area contributed by atoms with Crippen molar-refractivity contribution in [1.82, 2.24) is 4.57 Å². The molecule has 1 heterocycles. The van der Waals surface area contributed by atoms with Crippen LogP contribution in [-0.4, -0.2) is 23.4 Å². The fraction of sp³-hybridized carbons (Fsp3) is 0.273. The summed E-state index contributed by atoms with van der Waals surface area (Å²) in [6.07, 6.45) is 0. The lowest BCUT2D eigenvalue weighted by Crippen LogP contribution is -2.14. The largest absolute Gasteiger partial charge is 0.468 e. The summed E-state index contributed by atoms with van der Waals surface area (Å²) >= 11 is 4.60. The Bertz CT molecular complexity index is 633. The maximum atomic E-state index is 11.6. The number of nitrogens with zero attached hydrogens (tertiary/aromatic N) is 1. The summed E-state index contributed by atoms with van der Waals surface area (Å²) in [5.74, 6) is -0.196. The lowest BCUT2D eigenvalue weighted by atomic mass is 10.3. The van der Waals surface area contributed by atoms with Crippen LogP contribution in [0.25, 0.3) is 11.1 Å². The Morgan fingerprint density at radius 1 is 1.56 bits per heavy atom. The number of hydrogen-bond donors (Lipinski definition) is 0. The summed E-state index contributed by atoms with van der Waals surface area (Å²) in [5, 5.41) is 0. The number of thioether (sulfide) groups is 1. The van der Waals surface area contributed by atoms with Crippen LogP contribution in [0, 0.1) is 0 Å². The zero-order chi connectivity index (χ0) is 13.1. The number of ether oxygens (including phenoxy) is 1. The molecule has 0 aliphatic heterocycles. The fourth-order valence-corrected chi connectivity index (χ4v) is 2.58. The molecule has 5 nitrogen and oxygen atoms in total. The summed E-state index contributed by atoms with van der Waals surface area (Å²) in [5.41, 5.74) is 1.23. The highest BCUT2D eigenvalue weighted by molar-refractivity contribution is 9.10. The van der Waals surface area contributed by atoms with Crippen LogP contribution in [-0.2, 0) is 15.4 Å². The molecular weight excluding hydrogens is 322 g/mol. The average molecular weight is 332 g/mol. The van der Waals surface area contributed by atoms with Gasteiger partial charge in [0, 0.05) is 4.47 Å². The van der Waals surface area contributed by atoms with Gasteiger partial charge in [0.15, 0.2) is 5.58 Å². The quantitative estimate of drug-likeness (QED) is 0.804. The van der Waals surface area contributed by atoms with E-state index in [1.807, 2.05) is 6.07 Å². The Kier molecular flexibility index (Phi) is 4.13. The van der Waals surface area contributed by atoms with Crippen molar-refractivity contribution < 1.29 is 13.9 Å². The van der Waals surface area contributed by atoms with E-state index < -0.39 is 5.76 Å². The number of halogens is 1. The van der Waals surface area contributed by atoms with Crippen molar-refractivity contribution in [1.29, 1.82) is 0 Å². The van der Waals surface area contributed by atoms with Gasteiger partial charge in [-0.1, -0.05) is 15.9 Å². The Morgan fingerprint density at radius 2 is 2.33 bits per heavy atom. The summed E-state index contributed by atoms with van der Waals surface area (Å²) in [7, 11) is 1.33. The van der Waals surface area contributed by atoms with Crippen LogP contribution in [0.1, 0.15) is 0 Å². The van der Waals surface area contributed by atoms with Crippen molar-refractivity contribution in [3.63, 3.8) is 0 Å². The standard InChI is InChI=1S/C11H10BrNO4S/c1-16-10(14)5-18-6-13-8-3-2-7(12)4-9(8)17-11(13)15/h2-4H,5-6H2,1H3. The predicted molar refractivity (Wildman–Crippen MR) is 72.6 cm³/mol. The van der Waals surface area contributed by atoms with E-state index in [0.29, 0.717) is 17.0 Å². The van der Waals surface area contributed by atoms with E-state index in [1.54, 1.807) is 12.1 Å². The highest BCUT2D eigenvalue weighted by atomic mass is 79.9. The number of benzene rings is 1. The summed E-state index contributed by atoms with van der Waals surface area (Å²) < 4.78 is 12.0. The number of aromatic nitrogens is 1. The smallest absolute Gasteiger partial charge is 0.420 e. The van der Waals surface area contributed by atoms with Crippen LogP contribution in [0.2, 0.25) is 0 Å². The molecule has 1 aromatic carbocycles. The van der Waals surface area contributed by atoms with Crippen LogP contribution >= 0.6 is 27.7 Å². The molecule has 7 heteroatoms. The number of oxazole rings is 1. The van der Waals surface area contributed by atoms with Gasteiger partial charge < -0.3 is 9.15 Å². The average Bonchev–Trinajstić information content (AvgIpc) is 2.64. The minimum absolute atomic E-state index is 0.201. The first kappa shape index (κ1) is 13.2. The molecule has 96 valence electrons. The summed E-state index contributed by atoms with van der Waals surface area (Å²) in [4.78, 5) is 22.6. The monoisotopic (exact) mass is 331 g/mol. The third-order valence-electron chi connectivity index (χ3n) is 2.30. The van der Waals surface area contributed by atoms with Gasteiger partial charge in [0.05, 0.1) is 24.3 Å². The second kappa shape index (κ2) is 5.62. The molecule has 0 fully saturated rings. The first-order valence-electron chi connectivity index (χ1n) is 5.05. The molecule has 0 unspecified atom stereocenters. The van der Waals surface area contributed by atoms with E-state index in [-0.39, 0.29) is 11.7 Å². The number of rotatable bonds is 4. The predicted octanol–water partition coefficient (Wildman–Crippen LogP) is 2.22. The highest BCUT2D eigenvalue weighted by Gasteiger charge is 2.10. The molecule has 0 saturated heterocycles. The van der Waals surface area contributed by atoms with Crippen molar-refractivity contribution in [2.45, 2.75) is 5.88 Å². The molecule has 0 amide bonds. The molecule has 2 aromatic rings. The maximum absolute atomic E-state index is 11.6. The summed E-state index contributed by atoms with van der Waals surface area (Å²) in [6, 6.07) is 5.36. The third kappa shape index (κ3) is 2.78. The lowest BCUT2D eigenvalue weighted by molar-refractivity contribution is -0.137. The van der Waals surface area contributed by atoms with E-state index in [4.69, 9.17) is 4.42 Å². The normalized spacial score (nSPS) is 10.8. The third-order valence-corrected chi connectivity index (χ3v) is 3.67. The Hall–Kier alpha value is -1.21. The molecule has 0 saturated carbocycles. The van der Waals surface area contributed by atoms with Gasteiger partial charge in [-0.15, -0.1) is 11.8 Å². The number of hydrogen-bond acceptors (Lipinski definition) is 5. The molecule has 2 rings (SSSR count). The minimum atomic E-state index is -0.430. The first-order chi connectivity index (χ1) is 8.61. The van der Waals surface area contributed by atoms with E-state index in [9.17, 15) is 9.59 Å². The molecular formula is C11H10BrNO4S. The van der Waals surface area contributed by atoms with Crippen molar-refractivity contribution >= 4 is 44.8 Å². The van der Waals surface area contributed by atoms with Gasteiger partial charge in [-0.25, -0.2) is 4.79 Å². The number of fused-ring (bicyclic) bond motifs is 1. The lowest BCUT2D eigenvalue weighted by Gasteiger charge is -2.01. The molecule has 0 N–H and O–H groups in total. The van der Waals surface area contributed by atoms with Crippen LogP contribution in [0.5, 0.6) is 0 Å². The van der Waals surface area contributed by atoms with Crippen LogP contribution < -0.4 is 5.76 Å². The van der Waals surface area contributed by atoms with Crippen molar-refractivity contribution in [3.8, 4) is 0 Å². The molecule has 0 bridgehead atoms. The van der Waals surface area contributed by atoms with E-state index >= 15 is 0 Å². The molecule has 0 aliphatic rings. The number of methoxy groups -OCH3 is 1. The van der Waals surface area contributed by atoms with Gasteiger partial charge in [0.25, 0.3) is 0 Å².